The number of carboxylic acids is 1. The van der Waals surface area contributed by atoms with Crippen LogP contribution in [0.5, 0.6) is 0 Å². The van der Waals surface area contributed by atoms with Crippen LogP contribution in [0.2, 0.25) is 0 Å². The molecule has 0 unspecified atom stereocenters. The third-order valence-electron chi connectivity index (χ3n) is 2.76. The molecule has 0 fully saturated rings. The molecule has 1 aromatic carbocycles. The lowest BCUT2D eigenvalue weighted by Gasteiger charge is -2.18. The number of anilines is 2. The Morgan fingerprint density at radius 3 is 2.78 bits per heavy atom. The first-order valence-electron chi connectivity index (χ1n) is 5.93. The highest BCUT2D eigenvalue weighted by atomic mass is 16.5. The van der Waals surface area contributed by atoms with E-state index in [9.17, 15) is 4.79 Å². The van der Waals surface area contributed by atoms with Crippen molar-refractivity contribution in [2.45, 2.75) is 20.0 Å². The number of hydrogen-bond acceptors (Lipinski definition) is 4. The van der Waals surface area contributed by atoms with E-state index in [1.54, 1.807) is 0 Å². The van der Waals surface area contributed by atoms with E-state index in [1.165, 1.54) is 0 Å². The Morgan fingerprint density at radius 1 is 1.50 bits per heavy atom. The predicted molar refractivity (Wildman–Crippen MR) is 71.7 cm³/mol. The number of nitrogen functional groups attached to an aromatic ring is 1. The zero-order valence-electron chi connectivity index (χ0n) is 10.8. The average molecular weight is 252 g/mol. The second-order valence-corrected chi connectivity index (χ2v) is 4.09. The molecular formula is C13H20N2O3. The standard InChI is InChI=1S/C13H20N2O3/c1-3-15(2)11-5-4-10(12(14)8-11)9-18-7-6-13(16)17/h4-5,8H,3,6-7,9,14H2,1-2H3,(H,16,17). The summed E-state index contributed by atoms with van der Waals surface area (Å²) in [5.41, 5.74) is 8.54. The van der Waals surface area contributed by atoms with Crippen LogP contribution in [0.25, 0.3) is 0 Å². The molecule has 18 heavy (non-hydrogen) atoms. The van der Waals surface area contributed by atoms with Crippen molar-refractivity contribution in [1.29, 1.82) is 0 Å². The Morgan fingerprint density at radius 2 is 2.22 bits per heavy atom. The van der Waals surface area contributed by atoms with Crippen molar-refractivity contribution in [2.24, 2.45) is 0 Å². The Balaban J connectivity index is 2.54. The number of nitrogens with zero attached hydrogens (tertiary/aromatic N) is 1. The zero-order valence-corrected chi connectivity index (χ0v) is 10.8. The van der Waals surface area contributed by atoms with Crippen molar-refractivity contribution < 1.29 is 14.6 Å². The number of ether oxygens (including phenoxy) is 1. The zero-order chi connectivity index (χ0) is 13.5. The van der Waals surface area contributed by atoms with Crippen LogP contribution in [-0.4, -0.2) is 31.3 Å². The fourth-order valence-electron chi connectivity index (χ4n) is 1.48. The largest absolute Gasteiger partial charge is 0.481 e. The fraction of sp³-hybridized carbons (Fsp3) is 0.462. The van der Waals surface area contributed by atoms with Crippen LogP contribution in [0.1, 0.15) is 18.9 Å². The highest BCUT2D eigenvalue weighted by molar-refractivity contribution is 5.66. The molecule has 100 valence electrons. The van der Waals surface area contributed by atoms with Gasteiger partial charge in [0.05, 0.1) is 19.6 Å². The van der Waals surface area contributed by atoms with Gasteiger partial charge in [0, 0.05) is 30.5 Å². The van der Waals surface area contributed by atoms with Gasteiger partial charge in [0.2, 0.25) is 0 Å². The SMILES string of the molecule is CCN(C)c1ccc(COCCC(=O)O)c(N)c1. The van der Waals surface area contributed by atoms with Crippen molar-refractivity contribution in [3.05, 3.63) is 23.8 Å². The van der Waals surface area contributed by atoms with E-state index in [1.807, 2.05) is 25.2 Å². The Labute approximate surface area is 107 Å². The maximum absolute atomic E-state index is 10.3. The van der Waals surface area contributed by atoms with Crippen LogP contribution < -0.4 is 10.6 Å². The van der Waals surface area contributed by atoms with Gasteiger partial charge in [-0.15, -0.1) is 0 Å². The second-order valence-electron chi connectivity index (χ2n) is 4.09. The first kappa shape index (κ1) is 14.3. The fourth-order valence-corrected chi connectivity index (χ4v) is 1.48. The molecule has 0 aromatic heterocycles. The number of carboxylic acid groups (broad SMARTS) is 1. The number of rotatable bonds is 7. The second kappa shape index (κ2) is 6.86. The number of aliphatic carboxylic acids is 1. The summed E-state index contributed by atoms with van der Waals surface area (Å²) in [5.74, 6) is -0.858. The Kier molecular flexibility index (Phi) is 5.45. The van der Waals surface area contributed by atoms with E-state index in [0.717, 1.165) is 17.8 Å². The van der Waals surface area contributed by atoms with E-state index in [2.05, 4.69) is 11.8 Å². The molecule has 0 heterocycles. The minimum absolute atomic E-state index is 0.0105. The third-order valence-corrected chi connectivity index (χ3v) is 2.76. The maximum atomic E-state index is 10.3. The van der Waals surface area contributed by atoms with Gasteiger partial charge in [-0.25, -0.2) is 0 Å². The molecule has 1 rings (SSSR count). The van der Waals surface area contributed by atoms with Gasteiger partial charge in [-0.05, 0) is 19.1 Å². The molecule has 1 aromatic rings. The number of nitrogens with two attached hydrogens (primary N) is 1. The van der Waals surface area contributed by atoms with Gasteiger partial charge in [0.25, 0.3) is 0 Å². The van der Waals surface area contributed by atoms with Crippen LogP contribution in [0.3, 0.4) is 0 Å². The summed E-state index contributed by atoms with van der Waals surface area (Å²) in [6.07, 6.45) is 0.0105. The van der Waals surface area contributed by atoms with E-state index in [0.29, 0.717) is 12.3 Å². The normalized spacial score (nSPS) is 10.3. The summed E-state index contributed by atoms with van der Waals surface area (Å²) in [5, 5.41) is 8.48. The Bertz CT molecular complexity index is 407. The van der Waals surface area contributed by atoms with E-state index >= 15 is 0 Å². The van der Waals surface area contributed by atoms with Crippen molar-refractivity contribution >= 4 is 17.3 Å². The first-order valence-corrected chi connectivity index (χ1v) is 5.93. The summed E-state index contributed by atoms with van der Waals surface area (Å²) in [6, 6.07) is 5.80. The molecule has 0 aliphatic heterocycles. The lowest BCUT2D eigenvalue weighted by molar-refractivity contribution is -0.138. The topological polar surface area (TPSA) is 75.8 Å². The van der Waals surface area contributed by atoms with Crippen LogP contribution in [0.4, 0.5) is 11.4 Å². The molecule has 0 saturated carbocycles. The van der Waals surface area contributed by atoms with Crippen molar-refractivity contribution in [3.63, 3.8) is 0 Å². The summed E-state index contributed by atoms with van der Waals surface area (Å²) in [4.78, 5) is 12.4. The summed E-state index contributed by atoms with van der Waals surface area (Å²) in [6.45, 7) is 3.52. The minimum Gasteiger partial charge on any atom is -0.481 e. The van der Waals surface area contributed by atoms with Gasteiger partial charge < -0.3 is 20.5 Å². The highest BCUT2D eigenvalue weighted by Gasteiger charge is 2.04. The van der Waals surface area contributed by atoms with Gasteiger partial charge in [0.1, 0.15) is 0 Å². The van der Waals surface area contributed by atoms with Crippen LogP contribution in [0, 0.1) is 0 Å². The van der Waals surface area contributed by atoms with Crippen molar-refractivity contribution in [1.82, 2.24) is 0 Å². The molecule has 0 amide bonds. The molecule has 0 saturated heterocycles. The number of carbonyl (C=O) groups is 1. The number of benzene rings is 1. The molecule has 0 spiro atoms. The van der Waals surface area contributed by atoms with E-state index in [-0.39, 0.29) is 13.0 Å². The number of hydrogen-bond donors (Lipinski definition) is 2. The third kappa shape index (κ3) is 4.25. The first-order chi connectivity index (χ1) is 8.54. The highest BCUT2D eigenvalue weighted by Crippen LogP contribution is 2.21. The summed E-state index contributed by atoms with van der Waals surface area (Å²) < 4.78 is 5.26. The molecular weight excluding hydrogens is 232 g/mol. The average Bonchev–Trinajstić information content (AvgIpc) is 2.34. The van der Waals surface area contributed by atoms with Gasteiger partial charge in [-0.1, -0.05) is 6.07 Å². The van der Waals surface area contributed by atoms with Crippen LogP contribution in [0.15, 0.2) is 18.2 Å². The maximum Gasteiger partial charge on any atom is 0.305 e. The quantitative estimate of drug-likeness (QED) is 0.571. The van der Waals surface area contributed by atoms with E-state index < -0.39 is 5.97 Å². The molecule has 0 aliphatic carbocycles. The van der Waals surface area contributed by atoms with Gasteiger partial charge in [0.15, 0.2) is 0 Å². The van der Waals surface area contributed by atoms with Gasteiger partial charge in [-0.2, -0.15) is 0 Å². The molecule has 0 aliphatic rings. The molecule has 0 radical (unpaired) electrons. The summed E-state index contributed by atoms with van der Waals surface area (Å²) >= 11 is 0. The lowest BCUT2D eigenvalue weighted by Crippen LogP contribution is -2.16. The monoisotopic (exact) mass is 252 g/mol. The summed E-state index contributed by atoms with van der Waals surface area (Å²) in [7, 11) is 2.00. The molecule has 5 nitrogen and oxygen atoms in total. The predicted octanol–water partition coefficient (Wildman–Crippen LogP) is 1.72. The van der Waals surface area contributed by atoms with E-state index in [4.69, 9.17) is 15.6 Å². The van der Waals surface area contributed by atoms with Crippen LogP contribution >= 0.6 is 0 Å². The van der Waals surface area contributed by atoms with Gasteiger partial charge in [-0.3, -0.25) is 4.79 Å². The lowest BCUT2D eigenvalue weighted by atomic mass is 10.1. The van der Waals surface area contributed by atoms with Crippen molar-refractivity contribution in [2.75, 3.05) is 30.8 Å². The van der Waals surface area contributed by atoms with Crippen molar-refractivity contribution in [3.8, 4) is 0 Å². The smallest absolute Gasteiger partial charge is 0.305 e. The molecule has 5 heteroatoms. The minimum atomic E-state index is -0.858. The Hall–Kier alpha value is -1.75. The molecule has 0 bridgehead atoms. The van der Waals surface area contributed by atoms with Gasteiger partial charge >= 0.3 is 5.97 Å². The molecule has 0 atom stereocenters. The van der Waals surface area contributed by atoms with Crippen LogP contribution in [-0.2, 0) is 16.1 Å². The molecule has 3 N–H and O–H groups in total.